The van der Waals surface area contributed by atoms with Gasteiger partial charge in [0.05, 0.1) is 14.2 Å². The number of hydrogen-bond donors (Lipinski definition) is 3. The summed E-state index contributed by atoms with van der Waals surface area (Å²) >= 11 is 5.95. The molecule has 150 valence electrons. The minimum atomic E-state index is 0.0170. The number of amides is 1. The number of nitrogens with one attached hydrogen (secondary N) is 3. The standard InChI is InChI=1S/C21H26ClN3O3/c1-27-19-8-7-18(13-20(19)28-2)23-21(26)15-25-11-9-24(10-12-25)14-16-3-5-17(22)6-4-16/h3-8,13H,9-12,14-15H2,1-2H3,(H,23,26)/p+2. The molecule has 0 spiro atoms. The number of quaternary nitrogens is 2. The van der Waals surface area contributed by atoms with Crippen molar-refractivity contribution in [3.05, 3.63) is 53.1 Å². The molecule has 7 heteroatoms. The van der Waals surface area contributed by atoms with E-state index in [2.05, 4.69) is 17.4 Å². The number of halogens is 1. The van der Waals surface area contributed by atoms with E-state index < -0.39 is 0 Å². The summed E-state index contributed by atoms with van der Waals surface area (Å²) in [5.74, 6) is 1.27. The molecule has 28 heavy (non-hydrogen) atoms. The van der Waals surface area contributed by atoms with E-state index in [0.29, 0.717) is 23.7 Å². The Hall–Kier alpha value is -2.28. The maximum atomic E-state index is 12.4. The third kappa shape index (κ3) is 5.61. The van der Waals surface area contributed by atoms with Crippen LogP contribution < -0.4 is 24.6 Å². The number of ether oxygens (including phenoxy) is 2. The van der Waals surface area contributed by atoms with Crippen LogP contribution in [0.25, 0.3) is 0 Å². The van der Waals surface area contributed by atoms with Gasteiger partial charge in [0.25, 0.3) is 5.91 Å². The van der Waals surface area contributed by atoms with Gasteiger partial charge >= 0.3 is 0 Å². The minimum Gasteiger partial charge on any atom is -0.493 e. The molecule has 1 saturated heterocycles. The first-order valence-electron chi connectivity index (χ1n) is 9.51. The monoisotopic (exact) mass is 405 g/mol. The van der Waals surface area contributed by atoms with E-state index in [-0.39, 0.29) is 5.91 Å². The van der Waals surface area contributed by atoms with Crippen molar-refractivity contribution in [2.45, 2.75) is 6.54 Å². The Morgan fingerprint density at radius 1 is 0.964 bits per heavy atom. The van der Waals surface area contributed by atoms with Crippen molar-refractivity contribution in [3.8, 4) is 11.5 Å². The van der Waals surface area contributed by atoms with Gasteiger partial charge in [-0.2, -0.15) is 0 Å². The Balaban J connectivity index is 1.45. The fraction of sp³-hybridized carbons (Fsp3) is 0.381. The minimum absolute atomic E-state index is 0.0170. The van der Waals surface area contributed by atoms with Crippen LogP contribution in [0.4, 0.5) is 5.69 Å². The summed E-state index contributed by atoms with van der Waals surface area (Å²) in [6.45, 7) is 5.57. The molecule has 0 atom stereocenters. The smallest absolute Gasteiger partial charge is 0.279 e. The van der Waals surface area contributed by atoms with Gasteiger partial charge < -0.3 is 24.6 Å². The van der Waals surface area contributed by atoms with Crippen molar-refractivity contribution in [2.75, 3.05) is 52.3 Å². The zero-order valence-electron chi connectivity index (χ0n) is 16.4. The third-order valence-corrected chi connectivity index (χ3v) is 5.36. The Morgan fingerprint density at radius 2 is 1.61 bits per heavy atom. The fourth-order valence-corrected chi connectivity index (χ4v) is 3.67. The second-order valence-electron chi connectivity index (χ2n) is 7.10. The summed E-state index contributed by atoms with van der Waals surface area (Å²) in [4.78, 5) is 15.3. The molecule has 1 aliphatic rings. The lowest BCUT2D eigenvalue weighted by Crippen LogP contribution is -3.28. The van der Waals surface area contributed by atoms with Gasteiger partial charge in [-0.3, -0.25) is 4.79 Å². The van der Waals surface area contributed by atoms with Crippen LogP contribution in [0.1, 0.15) is 5.56 Å². The average molecular weight is 406 g/mol. The zero-order chi connectivity index (χ0) is 19.9. The van der Waals surface area contributed by atoms with Crippen LogP contribution in [-0.2, 0) is 11.3 Å². The predicted octanol–water partition coefficient (Wildman–Crippen LogP) is 0.279. The fourth-order valence-electron chi connectivity index (χ4n) is 3.55. The van der Waals surface area contributed by atoms with Crippen molar-refractivity contribution in [2.24, 2.45) is 0 Å². The van der Waals surface area contributed by atoms with Gasteiger partial charge in [0, 0.05) is 22.3 Å². The van der Waals surface area contributed by atoms with Crippen LogP contribution in [0.3, 0.4) is 0 Å². The molecule has 3 N–H and O–H groups in total. The summed E-state index contributed by atoms with van der Waals surface area (Å²) in [5, 5.41) is 3.73. The van der Waals surface area contributed by atoms with E-state index >= 15 is 0 Å². The topological polar surface area (TPSA) is 56.4 Å². The number of carbonyl (C=O) groups excluding carboxylic acids is 1. The summed E-state index contributed by atoms with van der Waals surface area (Å²) < 4.78 is 10.5. The van der Waals surface area contributed by atoms with Crippen LogP contribution in [0, 0.1) is 0 Å². The molecule has 0 saturated carbocycles. The molecule has 6 nitrogen and oxygen atoms in total. The number of methoxy groups -OCH3 is 2. The number of benzene rings is 2. The summed E-state index contributed by atoms with van der Waals surface area (Å²) in [6, 6.07) is 13.5. The summed E-state index contributed by atoms with van der Waals surface area (Å²) in [6.07, 6.45) is 0. The van der Waals surface area contributed by atoms with Gasteiger partial charge in [0.15, 0.2) is 18.0 Å². The first-order chi connectivity index (χ1) is 13.6. The lowest BCUT2D eigenvalue weighted by atomic mass is 10.2. The molecule has 1 amide bonds. The molecule has 3 rings (SSSR count). The number of piperazine rings is 1. The highest BCUT2D eigenvalue weighted by molar-refractivity contribution is 6.30. The van der Waals surface area contributed by atoms with Crippen LogP contribution in [0.15, 0.2) is 42.5 Å². The van der Waals surface area contributed by atoms with Crippen molar-refractivity contribution >= 4 is 23.2 Å². The first-order valence-corrected chi connectivity index (χ1v) is 9.88. The highest BCUT2D eigenvalue weighted by atomic mass is 35.5. The van der Waals surface area contributed by atoms with Crippen molar-refractivity contribution in [1.29, 1.82) is 0 Å². The Morgan fingerprint density at radius 3 is 2.25 bits per heavy atom. The normalized spacial score (nSPS) is 19.1. The summed E-state index contributed by atoms with van der Waals surface area (Å²) in [5.41, 5.74) is 2.02. The second-order valence-corrected chi connectivity index (χ2v) is 7.53. The van der Waals surface area contributed by atoms with Crippen molar-refractivity contribution in [3.63, 3.8) is 0 Å². The van der Waals surface area contributed by atoms with E-state index in [1.165, 1.54) is 10.5 Å². The van der Waals surface area contributed by atoms with Gasteiger partial charge in [-0.1, -0.05) is 23.7 Å². The predicted molar refractivity (Wildman–Crippen MR) is 110 cm³/mol. The highest BCUT2D eigenvalue weighted by Gasteiger charge is 2.25. The zero-order valence-corrected chi connectivity index (χ0v) is 17.1. The van der Waals surface area contributed by atoms with E-state index in [0.717, 1.165) is 37.7 Å². The van der Waals surface area contributed by atoms with E-state index in [4.69, 9.17) is 21.1 Å². The Kier molecular flexibility index (Phi) is 7.14. The molecule has 0 bridgehead atoms. The van der Waals surface area contributed by atoms with Gasteiger partial charge in [-0.25, -0.2) is 0 Å². The number of anilines is 1. The Labute approximate surface area is 171 Å². The molecule has 1 aliphatic heterocycles. The van der Waals surface area contributed by atoms with Gasteiger partial charge in [-0.15, -0.1) is 0 Å². The van der Waals surface area contributed by atoms with E-state index in [9.17, 15) is 4.79 Å². The quantitative estimate of drug-likeness (QED) is 0.620. The molecule has 2 aromatic carbocycles. The maximum absolute atomic E-state index is 12.4. The SMILES string of the molecule is COc1ccc(NC(=O)C[NH+]2CC[NH+](Cc3ccc(Cl)cc3)CC2)cc1OC. The number of carbonyl (C=O) groups is 1. The molecule has 1 fully saturated rings. The molecule has 0 radical (unpaired) electrons. The van der Waals surface area contributed by atoms with E-state index in [1.807, 2.05) is 18.2 Å². The lowest BCUT2D eigenvalue weighted by Gasteiger charge is -2.29. The third-order valence-electron chi connectivity index (χ3n) is 5.11. The molecule has 0 aliphatic carbocycles. The molecular weight excluding hydrogens is 378 g/mol. The number of rotatable bonds is 7. The van der Waals surface area contributed by atoms with Gasteiger partial charge in [0.1, 0.15) is 32.7 Å². The van der Waals surface area contributed by atoms with Gasteiger partial charge in [0.2, 0.25) is 0 Å². The van der Waals surface area contributed by atoms with Crippen molar-refractivity contribution < 1.29 is 24.1 Å². The number of hydrogen-bond acceptors (Lipinski definition) is 3. The van der Waals surface area contributed by atoms with Crippen LogP contribution >= 0.6 is 11.6 Å². The van der Waals surface area contributed by atoms with Crippen LogP contribution in [0.5, 0.6) is 11.5 Å². The molecule has 0 unspecified atom stereocenters. The molecule has 1 heterocycles. The average Bonchev–Trinajstić information content (AvgIpc) is 2.71. The van der Waals surface area contributed by atoms with Gasteiger partial charge in [-0.05, 0) is 24.3 Å². The molecule has 0 aromatic heterocycles. The summed E-state index contributed by atoms with van der Waals surface area (Å²) in [7, 11) is 3.17. The van der Waals surface area contributed by atoms with Crippen LogP contribution in [-0.4, -0.2) is 52.9 Å². The molecule has 2 aromatic rings. The Bertz CT molecular complexity index is 790. The maximum Gasteiger partial charge on any atom is 0.279 e. The second kappa shape index (κ2) is 9.78. The lowest BCUT2D eigenvalue weighted by molar-refractivity contribution is -1.02. The largest absolute Gasteiger partial charge is 0.493 e. The molecular formula is C21H28ClN3O3+2. The van der Waals surface area contributed by atoms with Crippen molar-refractivity contribution in [1.82, 2.24) is 0 Å². The highest BCUT2D eigenvalue weighted by Crippen LogP contribution is 2.29. The van der Waals surface area contributed by atoms with Crippen LogP contribution in [0.2, 0.25) is 5.02 Å². The van der Waals surface area contributed by atoms with E-state index in [1.54, 1.807) is 31.3 Å². The first kappa shape index (κ1) is 20.5.